The molecule has 7 unspecified atom stereocenters. The van der Waals surface area contributed by atoms with Gasteiger partial charge >= 0.3 is 0 Å². The molecule has 9 nitrogen and oxygen atoms in total. The third-order valence-electron chi connectivity index (χ3n) is 11.5. The number of carbonyl (C=O) groups is 1. The highest BCUT2D eigenvalue weighted by atomic mass is 16.7. The number of hydrogen-bond acceptors (Lipinski definition) is 8. The molecule has 1 aliphatic heterocycles. The van der Waals surface area contributed by atoms with Crippen LogP contribution in [0.4, 0.5) is 0 Å². The van der Waals surface area contributed by atoms with Gasteiger partial charge in [-0.2, -0.15) is 0 Å². The number of hydrogen-bond donors (Lipinski definition) is 6. The van der Waals surface area contributed by atoms with Gasteiger partial charge in [0.2, 0.25) is 5.91 Å². The minimum Gasteiger partial charge on any atom is -0.394 e. The number of aliphatic hydroxyl groups is 5. The van der Waals surface area contributed by atoms with Crippen molar-refractivity contribution in [3.63, 3.8) is 0 Å². The van der Waals surface area contributed by atoms with E-state index in [2.05, 4.69) is 31.3 Å². The minimum atomic E-state index is -1.56. The molecule has 336 valence electrons. The Balaban J connectivity index is 2.12. The van der Waals surface area contributed by atoms with Gasteiger partial charge in [-0.3, -0.25) is 4.79 Å². The highest BCUT2D eigenvalue weighted by Gasteiger charge is 2.44. The lowest BCUT2D eigenvalue weighted by Crippen LogP contribution is -2.60. The van der Waals surface area contributed by atoms with Crippen LogP contribution in [0.2, 0.25) is 0 Å². The summed E-state index contributed by atoms with van der Waals surface area (Å²) in [6.45, 7) is 3.71. The predicted molar refractivity (Wildman–Crippen MR) is 235 cm³/mol. The summed E-state index contributed by atoms with van der Waals surface area (Å²) in [4.78, 5) is 12.9. The molecule has 1 heterocycles. The Kier molecular flexibility index (Phi) is 36.6. The molecule has 1 saturated heterocycles. The maximum atomic E-state index is 12.9. The van der Waals surface area contributed by atoms with Gasteiger partial charge in [-0.1, -0.05) is 192 Å². The van der Waals surface area contributed by atoms with E-state index in [9.17, 15) is 30.3 Å². The van der Waals surface area contributed by atoms with Crippen LogP contribution in [0.1, 0.15) is 219 Å². The molecule has 1 amide bonds. The SMILES string of the molecule is CCCCCCC/C=C/C(O)C(COC1OC(CO)C(O)C(O)C1O)NC(=O)CCCCCCCCCCCCCCCCC/C=C\CCCCCCCCCC. The van der Waals surface area contributed by atoms with Gasteiger partial charge in [-0.05, 0) is 44.9 Å². The summed E-state index contributed by atoms with van der Waals surface area (Å²) in [6, 6.07) is -0.798. The number of rotatable bonds is 40. The zero-order valence-electron chi connectivity index (χ0n) is 36.9. The Morgan fingerprint density at radius 1 is 0.579 bits per heavy atom. The van der Waals surface area contributed by atoms with Gasteiger partial charge in [0.15, 0.2) is 6.29 Å². The van der Waals surface area contributed by atoms with Gasteiger partial charge in [-0.25, -0.2) is 0 Å². The van der Waals surface area contributed by atoms with Crippen LogP contribution in [0.15, 0.2) is 24.3 Å². The molecule has 0 bridgehead atoms. The molecule has 6 N–H and O–H groups in total. The van der Waals surface area contributed by atoms with Crippen LogP contribution in [0.5, 0.6) is 0 Å². The molecule has 9 heteroatoms. The maximum Gasteiger partial charge on any atom is 0.220 e. The number of carbonyl (C=O) groups excluding carboxylic acids is 1. The van der Waals surface area contributed by atoms with E-state index in [-0.39, 0.29) is 12.5 Å². The quantitative estimate of drug-likeness (QED) is 0.0265. The zero-order chi connectivity index (χ0) is 41.6. The van der Waals surface area contributed by atoms with Gasteiger partial charge < -0.3 is 40.3 Å². The third-order valence-corrected chi connectivity index (χ3v) is 11.5. The second kappa shape index (κ2) is 38.8. The second-order valence-corrected chi connectivity index (χ2v) is 16.9. The molecule has 1 aliphatic rings. The van der Waals surface area contributed by atoms with Crippen LogP contribution in [-0.4, -0.2) is 87.5 Å². The zero-order valence-corrected chi connectivity index (χ0v) is 36.9. The van der Waals surface area contributed by atoms with E-state index >= 15 is 0 Å². The van der Waals surface area contributed by atoms with Crippen molar-refractivity contribution in [3.05, 3.63) is 24.3 Å². The van der Waals surface area contributed by atoms with E-state index in [1.165, 1.54) is 161 Å². The number of nitrogens with one attached hydrogen (secondary N) is 1. The molecule has 0 saturated carbocycles. The lowest BCUT2D eigenvalue weighted by molar-refractivity contribution is -0.302. The normalized spacial score (nSPS) is 21.1. The maximum absolute atomic E-state index is 12.9. The number of ether oxygens (including phenoxy) is 2. The Morgan fingerprint density at radius 3 is 1.42 bits per heavy atom. The number of allylic oxidation sites excluding steroid dienone is 3. The van der Waals surface area contributed by atoms with Crippen LogP contribution in [0, 0.1) is 0 Å². The van der Waals surface area contributed by atoms with Gasteiger partial charge in [0.25, 0.3) is 0 Å². The molecule has 0 aromatic carbocycles. The van der Waals surface area contributed by atoms with Crippen molar-refractivity contribution in [2.24, 2.45) is 0 Å². The van der Waals surface area contributed by atoms with Crippen LogP contribution < -0.4 is 5.32 Å². The smallest absolute Gasteiger partial charge is 0.220 e. The lowest BCUT2D eigenvalue weighted by Gasteiger charge is -2.40. The average molecular weight is 810 g/mol. The summed E-state index contributed by atoms with van der Waals surface area (Å²) < 4.78 is 11.2. The average Bonchev–Trinajstić information content (AvgIpc) is 3.21. The number of amides is 1. The summed E-state index contributed by atoms with van der Waals surface area (Å²) in [5, 5.41) is 53.9. The van der Waals surface area contributed by atoms with E-state index in [0.29, 0.717) is 6.42 Å². The molecule has 57 heavy (non-hydrogen) atoms. The fraction of sp³-hybridized carbons (Fsp3) is 0.896. The number of aliphatic hydroxyl groups excluding tert-OH is 5. The van der Waals surface area contributed by atoms with Crippen molar-refractivity contribution in [2.75, 3.05) is 13.2 Å². The molecule has 0 radical (unpaired) electrons. The van der Waals surface area contributed by atoms with Crippen LogP contribution in [0.3, 0.4) is 0 Å². The monoisotopic (exact) mass is 810 g/mol. The molecule has 1 rings (SSSR count). The van der Waals surface area contributed by atoms with Crippen LogP contribution in [0.25, 0.3) is 0 Å². The van der Waals surface area contributed by atoms with Gasteiger partial charge in [-0.15, -0.1) is 0 Å². The van der Waals surface area contributed by atoms with E-state index in [4.69, 9.17) is 9.47 Å². The fourth-order valence-electron chi connectivity index (χ4n) is 7.62. The first-order chi connectivity index (χ1) is 27.8. The topological polar surface area (TPSA) is 149 Å². The molecule has 0 aromatic heterocycles. The Morgan fingerprint density at radius 2 is 0.982 bits per heavy atom. The Bertz CT molecular complexity index is 945. The standard InChI is InChI=1S/C48H91NO8/c1-3-5-7-9-11-12-13-14-15-16-17-18-19-20-21-22-23-24-25-26-27-28-29-30-32-34-36-38-44(52)49-41(42(51)37-35-33-31-10-8-6-4-2)40-56-48-47(55)46(54)45(53)43(39-50)57-48/h16-17,35,37,41-43,45-48,50-51,53-55H,3-15,18-34,36,38-40H2,1-2H3,(H,49,52)/b17-16-,37-35+. The molecule has 7 atom stereocenters. The summed E-state index contributed by atoms with van der Waals surface area (Å²) >= 11 is 0. The van der Waals surface area contributed by atoms with E-state index in [1.807, 2.05) is 6.08 Å². The number of unbranched alkanes of at least 4 members (excludes halogenated alkanes) is 28. The molecule has 0 aromatic rings. The Labute approximate surface area is 349 Å². The first-order valence-corrected chi connectivity index (χ1v) is 24.1. The van der Waals surface area contributed by atoms with Crippen molar-refractivity contribution in [2.45, 2.75) is 262 Å². The first-order valence-electron chi connectivity index (χ1n) is 24.1. The van der Waals surface area contributed by atoms with Crippen molar-refractivity contribution in [1.82, 2.24) is 5.32 Å². The highest BCUT2D eigenvalue weighted by molar-refractivity contribution is 5.76. The van der Waals surface area contributed by atoms with E-state index in [0.717, 1.165) is 38.5 Å². The van der Waals surface area contributed by atoms with E-state index in [1.54, 1.807) is 6.08 Å². The summed E-state index contributed by atoms with van der Waals surface area (Å²) in [5.41, 5.74) is 0. The second-order valence-electron chi connectivity index (χ2n) is 16.9. The van der Waals surface area contributed by atoms with Gasteiger partial charge in [0, 0.05) is 6.42 Å². The van der Waals surface area contributed by atoms with Gasteiger partial charge in [0.05, 0.1) is 25.4 Å². The van der Waals surface area contributed by atoms with E-state index < -0.39 is 49.5 Å². The minimum absolute atomic E-state index is 0.179. The van der Waals surface area contributed by atoms with Crippen molar-refractivity contribution in [1.29, 1.82) is 0 Å². The van der Waals surface area contributed by atoms with Gasteiger partial charge in [0.1, 0.15) is 24.4 Å². The highest BCUT2D eigenvalue weighted by Crippen LogP contribution is 2.23. The lowest BCUT2D eigenvalue weighted by atomic mass is 9.99. The summed E-state index contributed by atoms with van der Waals surface area (Å²) in [6.07, 6.45) is 39.8. The molecular formula is C48H91NO8. The summed E-state index contributed by atoms with van der Waals surface area (Å²) in [7, 11) is 0. The van der Waals surface area contributed by atoms with Crippen molar-refractivity contribution < 1.29 is 39.8 Å². The molecule has 0 aliphatic carbocycles. The largest absolute Gasteiger partial charge is 0.394 e. The third kappa shape index (κ3) is 29.5. The molecule has 0 spiro atoms. The summed E-state index contributed by atoms with van der Waals surface area (Å²) in [5.74, 6) is -0.179. The van der Waals surface area contributed by atoms with Crippen molar-refractivity contribution >= 4 is 5.91 Å². The Hall–Kier alpha value is -1.33. The molecule has 1 fully saturated rings. The van der Waals surface area contributed by atoms with Crippen LogP contribution in [-0.2, 0) is 14.3 Å². The first kappa shape index (κ1) is 53.7. The predicted octanol–water partition coefficient (Wildman–Crippen LogP) is 10.3. The van der Waals surface area contributed by atoms with Crippen molar-refractivity contribution in [3.8, 4) is 0 Å². The molecular weight excluding hydrogens is 719 g/mol. The fourth-order valence-corrected chi connectivity index (χ4v) is 7.62. The van der Waals surface area contributed by atoms with Crippen LogP contribution >= 0.6 is 0 Å².